The smallest absolute Gasteiger partial charge is 0.322 e. The zero-order valence-corrected chi connectivity index (χ0v) is 30.5. The number of hydrogen-bond acceptors (Lipinski definition) is 7. The molecule has 11 nitrogen and oxygen atoms in total. The van der Waals surface area contributed by atoms with Gasteiger partial charge in [-0.1, -0.05) is 109 Å². The lowest BCUT2D eigenvalue weighted by Gasteiger charge is -2.25. The first-order chi connectivity index (χ1) is 26.1. The molecule has 0 aliphatic rings. The minimum absolute atomic E-state index is 0.0532. The van der Waals surface area contributed by atoms with Gasteiger partial charge in [-0.15, -0.1) is 11.3 Å². The molecule has 0 aliphatic heterocycles. The summed E-state index contributed by atoms with van der Waals surface area (Å²) in [6, 6.07) is 33.9. The highest BCUT2D eigenvalue weighted by atomic mass is 32.1. The van der Waals surface area contributed by atoms with E-state index in [1.165, 1.54) is 11.3 Å². The van der Waals surface area contributed by atoms with Gasteiger partial charge in [0.1, 0.15) is 30.4 Å². The number of carboxylic acid groups (broad SMARTS) is 1. The number of nitrogens with one attached hydrogen (secondary N) is 4. The Bertz CT molecular complexity index is 1990. The Morgan fingerprint density at radius 1 is 0.611 bits per heavy atom. The van der Waals surface area contributed by atoms with Crippen LogP contribution in [0, 0.1) is 6.92 Å². The average molecular weight is 747 g/mol. The molecule has 1 heterocycles. The summed E-state index contributed by atoms with van der Waals surface area (Å²) in [7, 11) is 0. The summed E-state index contributed by atoms with van der Waals surface area (Å²) in [5.74, 6) is -3.22. The second-order valence-corrected chi connectivity index (χ2v) is 13.7. The highest BCUT2D eigenvalue weighted by molar-refractivity contribution is 7.09. The number of benzene rings is 4. The van der Waals surface area contributed by atoms with E-state index in [2.05, 4.69) is 21.3 Å². The number of thiophene rings is 1. The summed E-state index contributed by atoms with van der Waals surface area (Å²) in [5, 5.41) is 21.8. The number of aliphatic carboxylic acids is 1. The minimum Gasteiger partial charge on any atom is -0.484 e. The van der Waals surface area contributed by atoms with Crippen molar-refractivity contribution in [2.45, 2.75) is 44.3 Å². The molecule has 5 aromatic rings. The number of ether oxygens (including phenoxy) is 1. The molecule has 0 spiro atoms. The summed E-state index contributed by atoms with van der Waals surface area (Å²) < 4.78 is 5.65. The Kier molecular flexibility index (Phi) is 14.1. The van der Waals surface area contributed by atoms with E-state index >= 15 is 0 Å². The molecule has 5 rings (SSSR count). The fourth-order valence-corrected chi connectivity index (χ4v) is 6.41. The molecule has 0 aliphatic carbocycles. The molecule has 12 heteroatoms. The van der Waals surface area contributed by atoms with Gasteiger partial charge in [0.05, 0.1) is 0 Å². The Hall–Kier alpha value is -6.27. The number of carbonyl (C=O) groups excluding carboxylic acids is 4. The number of hydrogen-bond donors (Lipinski definition) is 5. The fourth-order valence-electron chi connectivity index (χ4n) is 5.66. The Labute approximate surface area is 317 Å². The Morgan fingerprint density at radius 3 is 1.76 bits per heavy atom. The highest BCUT2D eigenvalue weighted by Gasteiger charge is 2.31. The number of carboxylic acids is 1. The molecule has 4 amide bonds. The summed E-state index contributed by atoms with van der Waals surface area (Å²) in [6.07, 6.45) is 0.286. The van der Waals surface area contributed by atoms with E-state index in [0.717, 1.165) is 32.7 Å². The zero-order valence-electron chi connectivity index (χ0n) is 29.7. The number of amides is 4. The molecule has 0 fully saturated rings. The Balaban J connectivity index is 1.37. The molecule has 0 saturated heterocycles. The van der Waals surface area contributed by atoms with Crippen LogP contribution in [0.15, 0.2) is 127 Å². The summed E-state index contributed by atoms with van der Waals surface area (Å²) in [5.41, 5.74) is 4.49. The quantitative estimate of drug-likeness (QED) is 0.0883. The maximum Gasteiger partial charge on any atom is 0.322 e. The molecule has 4 aromatic carbocycles. The van der Waals surface area contributed by atoms with Crippen LogP contribution in [-0.2, 0) is 43.2 Å². The second kappa shape index (κ2) is 19.5. The van der Waals surface area contributed by atoms with Gasteiger partial charge in [0, 0.05) is 24.1 Å². The van der Waals surface area contributed by atoms with Crippen LogP contribution >= 0.6 is 11.3 Å². The minimum atomic E-state index is -1.24. The third kappa shape index (κ3) is 12.2. The van der Waals surface area contributed by atoms with Gasteiger partial charge in [-0.3, -0.25) is 24.0 Å². The van der Waals surface area contributed by atoms with Crippen molar-refractivity contribution in [2.75, 3.05) is 13.2 Å². The van der Waals surface area contributed by atoms with Gasteiger partial charge in [-0.2, -0.15) is 0 Å². The number of rotatable bonds is 18. The van der Waals surface area contributed by atoms with Crippen molar-refractivity contribution in [3.05, 3.63) is 148 Å². The fraction of sp³-hybridized carbons (Fsp3) is 0.214. The topological polar surface area (TPSA) is 163 Å². The van der Waals surface area contributed by atoms with E-state index in [1.54, 1.807) is 36.4 Å². The van der Waals surface area contributed by atoms with Crippen LogP contribution in [0.4, 0.5) is 0 Å². The van der Waals surface area contributed by atoms with Gasteiger partial charge in [0.15, 0.2) is 6.61 Å². The highest BCUT2D eigenvalue weighted by Crippen LogP contribution is 2.20. The van der Waals surface area contributed by atoms with E-state index in [1.807, 2.05) is 97.2 Å². The Morgan fingerprint density at radius 2 is 1.17 bits per heavy atom. The van der Waals surface area contributed by atoms with Crippen LogP contribution in [0.5, 0.6) is 5.75 Å². The molecule has 278 valence electrons. The number of carbonyl (C=O) groups is 5. The normalized spacial score (nSPS) is 12.4. The summed E-state index contributed by atoms with van der Waals surface area (Å²) in [6.45, 7) is 0.975. The van der Waals surface area contributed by atoms with E-state index in [-0.39, 0.29) is 25.9 Å². The van der Waals surface area contributed by atoms with E-state index < -0.39 is 54.3 Å². The van der Waals surface area contributed by atoms with E-state index in [0.29, 0.717) is 5.75 Å². The molecule has 0 saturated carbocycles. The average Bonchev–Trinajstić information content (AvgIpc) is 3.70. The zero-order chi connectivity index (χ0) is 38.3. The predicted molar refractivity (Wildman–Crippen MR) is 207 cm³/mol. The van der Waals surface area contributed by atoms with Gasteiger partial charge >= 0.3 is 5.97 Å². The van der Waals surface area contributed by atoms with Crippen molar-refractivity contribution in [3.8, 4) is 16.9 Å². The SMILES string of the molecule is Cc1ccc(OCC(=O)N[C@H](Cc2cccs2)C(=O)N[C@H](Cc2ccc(-c3ccccc3)cc2)C(=O)N[C@H](Cc2ccccc2)C(=O)NCC(=O)O)cc1. The molecule has 0 unspecified atom stereocenters. The molecule has 3 atom stereocenters. The molecule has 1 aromatic heterocycles. The van der Waals surface area contributed by atoms with Gasteiger partial charge < -0.3 is 31.1 Å². The van der Waals surface area contributed by atoms with Crippen LogP contribution in [0.1, 0.15) is 21.6 Å². The van der Waals surface area contributed by atoms with Crippen LogP contribution < -0.4 is 26.0 Å². The van der Waals surface area contributed by atoms with Crippen LogP contribution in [0.2, 0.25) is 0 Å². The molecule has 54 heavy (non-hydrogen) atoms. The monoisotopic (exact) mass is 746 g/mol. The third-order valence-electron chi connectivity index (χ3n) is 8.49. The van der Waals surface area contributed by atoms with E-state index in [9.17, 15) is 29.1 Å². The van der Waals surface area contributed by atoms with E-state index in [4.69, 9.17) is 4.74 Å². The first-order valence-electron chi connectivity index (χ1n) is 17.4. The lowest BCUT2D eigenvalue weighted by atomic mass is 9.99. The van der Waals surface area contributed by atoms with Crippen LogP contribution in [0.25, 0.3) is 11.1 Å². The van der Waals surface area contributed by atoms with Crippen LogP contribution in [0.3, 0.4) is 0 Å². The van der Waals surface area contributed by atoms with Crippen molar-refractivity contribution in [2.24, 2.45) is 0 Å². The van der Waals surface area contributed by atoms with Crippen molar-refractivity contribution in [3.63, 3.8) is 0 Å². The molecular weight excluding hydrogens is 705 g/mol. The van der Waals surface area contributed by atoms with Gasteiger partial charge in [-0.05, 0) is 52.8 Å². The predicted octanol–water partition coefficient (Wildman–Crippen LogP) is 4.49. The lowest BCUT2D eigenvalue weighted by Crippen LogP contribution is -2.58. The van der Waals surface area contributed by atoms with Crippen LogP contribution in [-0.4, -0.2) is 66.0 Å². The van der Waals surface area contributed by atoms with Crippen molar-refractivity contribution >= 4 is 40.9 Å². The van der Waals surface area contributed by atoms with Gasteiger partial charge in [0.2, 0.25) is 17.7 Å². The third-order valence-corrected chi connectivity index (χ3v) is 9.39. The molecule has 0 radical (unpaired) electrons. The van der Waals surface area contributed by atoms with Crippen molar-refractivity contribution in [1.82, 2.24) is 21.3 Å². The summed E-state index contributed by atoms with van der Waals surface area (Å²) >= 11 is 1.43. The largest absolute Gasteiger partial charge is 0.484 e. The van der Waals surface area contributed by atoms with Crippen molar-refractivity contribution in [1.29, 1.82) is 0 Å². The first kappa shape index (κ1) is 38.9. The maximum absolute atomic E-state index is 14.1. The van der Waals surface area contributed by atoms with Gasteiger partial charge in [0.25, 0.3) is 5.91 Å². The molecule has 0 bridgehead atoms. The lowest BCUT2D eigenvalue weighted by molar-refractivity contribution is -0.138. The standard InChI is InChI=1S/C42H42N4O7S/c1-28-14-20-33(21-15-28)53-27-38(47)44-37(25-34-13-8-22-54-34)42(52)46-36(24-30-16-18-32(19-17-30)31-11-6-3-7-12-31)41(51)45-35(40(50)43-26-39(48)49)23-29-9-4-2-5-10-29/h2-22,35-37H,23-27H2,1H3,(H,43,50)(H,44,47)(H,45,51)(H,46,52)(H,48,49)/t35-,36-,37-/m1/s1. The van der Waals surface area contributed by atoms with Crippen molar-refractivity contribution < 1.29 is 33.8 Å². The maximum atomic E-state index is 14.1. The number of aryl methyl sites for hydroxylation is 1. The molecular formula is C42H42N4O7S. The van der Waals surface area contributed by atoms with Gasteiger partial charge in [-0.25, -0.2) is 0 Å². The first-order valence-corrected chi connectivity index (χ1v) is 18.3. The second-order valence-electron chi connectivity index (χ2n) is 12.7. The summed E-state index contributed by atoms with van der Waals surface area (Å²) in [4.78, 5) is 66.6. The molecule has 5 N–H and O–H groups in total.